The van der Waals surface area contributed by atoms with Gasteiger partial charge in [-0.2, -0.15) is 0 Å². The van der Waals surface area contributed by atoms with Crippen LogP contribution in [0.25, 0.3) is 11.3 Å². The Labute approximate surface area is 123 Å². The largest absolute Gasteiger partial charge is 0.384 e. The minimum atomic E-state index is 0.525. The number of halogens is 1. The fourth-order valence-corrected chi connectivity index (χ4v) is 3.33. The molecule has 0 aliphatic heterocycles. The number of nitrogen functional groups attached to an aromatic ring is 1. The summed E-state index contributed by atoms with van der Waals surface area (Å²) in [6.45, 7) is 0.802. The van der Waals surface area contributed by atoms with Crippen LogP contribution in [0, 0.1) is 0 Å². The van der Waals surface area contributed by atoms with E-state index in [0.717, 1.165) is 21.6 Å². The molecule has 3 heterocycles. The molecule has 2 N–H and O–H groups in total. The number of nitrogens with two attached hydrogens (primary N) is 1. The Kier molecular flexibility index (Phi) is 3.35. The van der Waals surface area contributed by atoms with Gasteiger partial charge in [-0.05, 0) is 40.2 Å². The minimum absolute atomic E-state index is 0.525. The van der Waals surface area contributed by atoms with Crippen LogP contribution in [0.1, 0.15) is 4.88 Å². The fourth-order valence-electron chi connectivity index (χ4n) is 1.85. The summed E-state index contributed by atoms with van der Waals surface area (Å²) in [5, 5.41) is 0. The van der Waals surface area contributed by atoms with E-state index in [-0.39, 0.29) is 0 Å². The number of rotatable bonds is 3. The Morgan fingerprint density at radius 3 is 2.79 bits per heavy atom. The first-order valence-electron chi connectivity index (χ1n) is 5.68. The van der Waals surface area contributed by atoms with Crippen LogP contribution >= 0.6 is 27.3 Å². The summed E-state index contributed by atoms with van der Waals surface area (Å²) in [6, 6.07) is 7.93. The molecule has 96 valence electrons. The molecule has 0 saturated carbocycles. The zero-order chi connectivity index (χ0) is 13.2. The van der Waals surface area contributed by atoms with Crippen LogP contribution < -0.4 is 5.73 Å². The lowest BCUT2D eigenvalue weighted by atomic mass is 10.2. The van der Waals surface area contributed by atoms with Crippen LogP contribution in [0.5, 0.6) is 0 Å². The third kappa shape index (κ3) is 2.69. The Hall–Kier alpha value is -1.66. The number of pyridine rings is 1. The van der Waals surface area contributed by atoms with Crippen molar-refractivity contribution < 1.29 is 0 Å². The van der Waals surface area contributed by atoms with Gasteiger partial charge in [0.25, 0.3) is 0 Å². The summed E-state index contributed by atoms with van der Waals surface area (Å²) < 4.78 is 3.24. The van der Waals surface area contributed by atoms with Crippen LogP contribution in [0.4, 0.5) is 5.82 Å². The average Bonchev–Trinajstić information content (AvgIpc) is 3.00. The van der Waals surface area contributed by atoms with Gasteiger partial charge >= 0.3 is 0 Å². The van der Waals surface area contributed by atoms with E-state index in [9.17, 15) is 0 Å². The lowest BCUT2D eigenvalue weighted by molar-refractivity contribution is 0.817. The average molecular weight is 335 g/mol. The Morgan fingerprint density at radius 2 is 2.11 bits per heavy atom. The monoisotopic (exact) mass is 334 g/mol. The molecule has 3 rings (SSSR count). The van der Waals surface area contributed by atoms with Crippen molar-refractivity contribution in [3.63, 3.8) is 0 Å². The number of hydrogen-bond donors (Lipinski definition) is 1. The molecule has 0 bridgehead atoms. The number of hydrogen-bond acceptors (Lipinski definition) is 4. The van der Waals surface area contributed by atoms with Gasteiger partial charge in [-0.25, -0.2) is 9.97 Å². The molecule has 4 nitrogen and oxygen atoms in total. The van der Waals surface area contributed by atoms with Crippen molar-refractivity contribution in [2.24, 2.45) is 0 Å². The summed E-state index contributed by atoms with van der Waals surface area (Å²) in [7, 11) is 0. The molecule has 3 aromatic rings. The van der Waals surface area contributed by atoms with Crippen molar-refractivity contribution in [2.45, 2.75) is 6.54 Å². The maximum Gasteiger partial charge on any atom is 0.123 e. The summed E-state index contributed by atoms with van der Waals surface area (Å²) in [5.74, 6) is 0.525. The van der Waals surface area contributed by atoms with Crippen LogP contribution in [-0.2, 0) is 6.54 Å². The third-order valence-electron chi connectivity index (χ3n) is 2.75. The second-order valence-electron chi connectivity index (χ2n) is 4.08. The van der Waals surface area contributed by atoms with Gasteiger partial charge in [-0.1, -0.05) is 0 Å². The van der Waals surface area contributed by atoms with E-state index in [1.54, 1.807) is 23.6 Å². The molecule has 0 unspecified atom stereocenters. The first-order chi connectivity index (χ1) is 9.22. The molecule has 0 radical (unpaired) electrons. The van der Waals surface area contributed by atoms with Crippen LogP contribution in [0.3, 0.4) is 0 Å². The van der Waals surface area contributed by atoms with Crippen molar-refractivity contribution in [1.29, 1.82) is 0 Å². The van der Waals surface area contributed by atoms with E-state index in [4.69, 9.17) is 5.73 Å². The number of thiophene rings is 1. The smallest absolute Gasteiger partial charge is 0.123 e. The first-order valence-corrected chi connectivity index (χ1v) is 7.29. The van der Waals surface area contributed by atoms with E-state index < -0.39 is 0 Å². The van der Waals surface area contributed by atoms with Gasteiger partial charge in [0.05, 0.1) is 28.5 Å². The van der Waals surface area contributed by atoms with Gasteiger partial charge in [0.1, 0.15) is 5.82 Å². The van der Waals surface area contributed by atoms with E-state index >= 15 is 0 Å². The molecule has 0 amide bonds. The molecule has 0 fully saturated rings. The molecule has 0 aromatic carbocycles. The highest BCUT2D eigenvalue weighted by molar-refractivity contribution is 9.11. The van der Waals surface area contributed by atoms with Crippen molar-refractivity contribution in [1.82, 2.24) is 14.5 Å². The number of anilines is 1. The van der Waals surface area contributed by atoms with Gasteiger partial charge < -0.3 is 10.3 Å². The highest BCUT2D eigenvalue weighted by Gasteiger charge is 2.07. The predicted molar refractivity (Wildman–Crippen MR) is 81.0 cm³/mol. The Morgan fingerprint density at radius 1 is 1.21 bits per heavy atom. The van der Waals surface area contributed by atoms with Gasteiger partial charge in [-0.15, -0.1) is 11.3 Å². The maximum atomic E-state index is 5.61. The second kappa shape index (κ2) is 5.14. The van der Waals surface area contributed by atoms with Crippen molar-refractivity contribution >= 4 is 33.1 Å². The highest BCUT2D eigenvalue weighted by atomic mass is 79.9. The molecule has 0 saturated heterocycles. The number of imidazole rings is 1. The molecule has 0 aliphatic rings. The molecule has 19 heavy (non-hydrogen) atoms. The standard InChI is InChI=1S/C13H11BrN4S/c14-12-3-2-10(19-12)7-18-8-16-6-11(18)9-1-4-13(15)17-5-9/h1-6,8H,7H2,(H2,15,17). The molecule has 0 spiro atoms. The van der Waals surface area contributed by atoms with Gasteiger partial charge in [0, 0.05) is 16.6 Å². The van der Waals surface area contributed by atoms with Gasteiger partial charge in [0.2, 0.25) is 0 Å². The van der Waals surface area contributed by atoms with Gasteiger partial charge in [-0.3, -0.25) is 0 Å². The quantitative estimate of drug-likeness (QED) is 0.798. The van der Waals surface area contributed by atoms with E-state index in [2.05, 4.69) is 42.6 Å². The fraction of sp³-hybridized carbons (Fsp3) is 0.0769. The van der Waals surface area contributed by atoms with Crippen LogP contribution in [-0.4, -0.2) is 14.5 Å². The highest BCUT2D eigenvalue weighted by Crippen LogP contribution is 2.25. The summed E-state index contributed by atoms with van der Waals surface area (Å²) in [6.07, 6.45) is 5.45. The van der Waals surface area contributed by atoms with E-state index in [1.165, 1.54) is 4.88 Å². The van der Waals surface area contributed by atoms with Crippen LogP contribution in [0.15, 0.2) is 46.8 Å². The summed E-state index contributed by atoms with van der Waals surface area (Å²) in [5.41, 5.74) is 7.66. The summed E-state index contributed by atoms with van der Waals surface area (Å²) in [4.78, 5) is 9.61. The SMILES string of the molecule is Nc1ccc(-c2cncn2Cc2ccc(Br)s2)cn1. The molecular formula is C13H11BrN4S. The number of aromatic nitrogens is 3. The van der Waals surface area contributed by atoms with Crippen molar-refractivity contribution in [2.75, 3.05) is 5.73 Å². The molecule has 3 aromatic heterocycles. The van der Waals surface area contributed by atoms with Crippen LogP contribution in [0.2, 0.25) is 0 Å². The van der Waals surface area contributed by atoms with E-state index in [1.807, 2.05) is 18.6 Å². The zero-order valence-electron chi connectivity index (χ0n) is 9.95. The normalized spacial score (nSPS) is 10.8. The lowest BCUT2D eigenvalue weighted by Gasteiger charge is -2.06. The molecule has 0 atom stereocenters. The summed E-state index contributed by atoms with van der Waals surface area (Å²) >= 11 is 5.20. The maximum absolute atomic E-state index is 5.61. The van der Waals surface area contributed by atoms with E-state index in [0.29, 0.717) is 5.82 Å². The Bertz CT molecular complexity index is 687. The number of nitrogens with zero attached hydrogens (tertiary/aromatic N) is 3. The Balaban J connectivity index is 1.92. The topological polar surface area (TPSA) is 56.7 Å². The minimum Gasteiger partial charge on any atom is -0.384 e. The molecular weight excluding hydrogens is 324 g/mol. The second-order valence-corrected chi connectivity index (χ2v) is 6.63. The zero-order valence-corrected chi connectivity index (χ0v) is 12.4. The lowest BCUT2D eigenvalue weighted by Crippen LogP contribution is -1.99. The first kappa shape index (κ1) is 12.4. The molecule has 0 aliphatic carbocycles. The van der Waals surface area contributed by atoms with Gasteiger partial charge in [0.15, 0.2) is 0 Å². The van der Waals surface area contributed by atoms with Crippen molar-refractivity contribution in [3.8, 4) is 11.3 Å². The molecule has 6 heteroatoms. The van der Waals surface area contributed by atoms with Crippen molar-refractivity contribution in [3.05, 3.63) is 51.7 Å². The predicted octanol–water partition coefficient (Wildman–Crippen LogP) is 3.40. The third-order valence-corrected chi connectivity index (χ3v) is 4.36.